The molecular formula is C17H30O. The van der Waals surface area contributed by atoms with Crippen LogP contribution in [-0.2, 0) is 0 Å². The predicted molar refractivity (Wildman–Crippen MR) is 81.4 cm³/mol. The van der Waals surface area contributed by atoms with Gasteiger partial charge in [0, 0.05) is 0 Å². The van der Waals surface area contributed by atoms with E-state index in [1.807, 2.05) is 0 Å². The van der Waals surface area contributed by atoms with E-state index in [-0.39, 0.29) is 0 Å². The van der Waals surface area contributed by atoms with E-state index in [0.717, 1.165) is 18.3 Å². The summed E-state index contributed by atoms with van der Waals surface area (Å²) in [5, 5.41) is 0. The van der Waals surface area contributed by atoms with Gasteiger partial charge in [-0.3, -0.25) is 0 Å². The molecule has 0 aromatic heterocycles. The minimum atomic E-state index is 0.583. The third-order valence-electron chi connectivity index (χ3n) is 2.73. The maximum absolute atomic E-state index is 5.68. The van der Waals surface area contributed by atoms with Crippen LogP contribution in [-0.4, -0.2) is 6.61 Å². The highest BCUT2D eigenvalue weighted by Crippen LogP contribution is 2.19. The van der Waals surface area contributed by atoms with E-state index in [4.69, 9.17) is 4.74 Å². The van der Waals surface area contributed by atoms with Crippen LogP contribution in [0, 0.1) is 25.7 Å². The highest BCUT2D eigenvalue weighted by Gasteiger charge is 2.00. The van der Waals surface area contributed by atoms with Crippen LogP contribution in [0.5, 0.6) is 5.75 Å². The lowest BCUT2D eigenvalue weighted by Gasteiger charge is -2.11. The Balaban J connectivity index is 0.000000494. The van der Waals surface area contributed by atoms with Crippen molar-refractivity contribution in [3.05, 3.63) is 29.3 Å². The molecule has 0 atom stereocenters. The zero-order valence-electron chi connectivity index (χ0n) is 13.2. The first-order valence-electron chi connectivity index (χ1n) is 7.06. The molecule has 104 valence electrons. The van der Waals surface area contributed by atoms with Crippen molar-refractivity contribution in [3.63, 3.8) is 0 Å². The Kier molecular flexibility index (Phi) is 8.53. The Morgan fingerprint density at radius 2 is 1.56 bits per heavy atom. The molecule has 0 amide bonds. The lowest BCUT2D eigenvalue weighted by Crippen LogP contribution is -2.05. The van der Waals surface area contributed by atoms with Gasteiger partial charge in [-0.15, -0.1) is 0 Å². The van der Waals surface area contributed by atoms with Gasteiger partial charge < -0.3 is 4.74 Å². The molecule has 0 aliphatic carbocycles. The summed E-state index contributed by atoms with van der Waals surface area (Å²) in [6.45, 7) is 15.9. The maximum atomic E-state index is 5.68. The van der Waals surface area contributed by atoms with Crippen molar-refractivity contribution in [1.82, 2.24) is 0 Å². The zero-order valence-corrected chi connectivity index (χ0v) is 13.2. The fourth-order valence-corrected chi connectivity index (χ4v) is 1.12. The van der Waals surface area contributed by atoms with E-state index in [1.165, 1.54) is 17.5 Å². The molecule has 1 aromatic rings. The second-order valence-electron chi connectivity index (χ2n) is 5.78. The average Bonchev–Trinajstić information content (AvgIpc) is 2.31. The Hall–Kier alpha value is -0.980. The standard InChI is InChI=1S/C12H18O.C5H12/c1-9(2)8-13-12-7-10(3)5-6-11(12)4;1-4-5(2)3/h5-7,9H,8H2,1-4H3;5H,4H2,1-3H3. The second kappa shape index (κ2) is 9.02. The van der Waals surface area contributed by atoms with Gasteiger partial charge in [0.2, 0.25) is 0 Å². The van der Waals surface area contributed by atoms with Gasteiger partial charge in [0.25, 0.3) is 0 Å². The van der Waals surface area contributed by atoms with E-state index in [0.29, 0.717) is 5.92 Å². The van der Waals surface area contributed by atoms with Gasteiger partial charge in [0.05, 0.1) is 6.61 Å². The largest absolute Gasteiger partial charge is 0.493 e. The van der Waals surface area contributed by atoms with Crippen molar-refractivity contribution < 1.29 is 4.74 Å². The molecule has 0 unspecified atom stereocenters. The summed E-state index contributed by atoms with van der Waals surface area (Å²) in [5.74, 6) is 2.49. The molecule has 0 spiro atoms. The first-order chi connectivity index (χ1) is 8.36. The van der Waals surface area contributed by atoms with E-state index in [2.05, 4.69) is 66.7 Å². The van der Waals surface area contributed by atoms with Gasteiger partial charge in [-0.2, -0.15) is 0 Å². The fourth-order valence-electron chi connectivity index (χ4n) is 1.12. The van der Waals surface area contributed by atoms with Crippen molar-refractivity contribution in [2.45, 2.75) is 54.9 Å². The number of hydrogen-bond acceptors (Lipinski definition) is 1. The molecule has 0 radical (unpaired) electrons. The van der Waals surface area contributed by atoms with Crippen LogP contribution in [0.15, 0.2) is 18.2 Å². The molecule has 0 heterocycles. The van der Waals surface area contributed by atoms with Gasteiger partial charge in [-0.1, -0.05) is 53.2 Å². The van der Waals surface area contributed by atoms with Crippen LogP contribution in [0.4, 0.5) is 0 Å². The number of rotatable bonds is 4. The van der Waals surface area contributed by atoms with E-state index < -0.39 is 0 Å². The molecule has 0 N–H and O–H groups in total. The van der Waals surface area contributed by atoms with Crippen molar-refractivity contribution in [2.24, 2.45) is 11.8 Å². The normalized spacial score (nSPS) is 10.3. The molecule has 0 aliphatic rings. The Bertz CT molecular complexity index is 326. The van der Waals surface area contributed by atoms with Gasteiger partial charge in [0.1, 0.15) is 5.75 Å². The molecule has 1 aromatic carbocycles. The number of hydrogen-bond donors (Lipinski definition) is 0. The molecule has 0 aliphatic heterocycles. The highest BCUT2D eigenvalue weighted by atomic mass is 16.5. The lowest BCUT2D eigenvalue weighted by molar-refractivity contribution is 0.269. The summed E-state index contributed by atoms with van der Waals surface area (Å²) in [6, 6.07) is 6.31. The predicted octanol–water partition coefficient (Wildman–Crippen LogP) is 5.39. The molecule has 1 heteroatoms. The Morgan fingerprint density at radius 1 is 1.00 bits per heavy atom. The molecule has 0 fully saturated rings. The van der Waals surface area contributed by atoms with Crippen molar-refractivity contribution in [3.8, 4) is 5.75 Å². The van der Waals surface area contributed by atoms with E-state index in [9.17, 15) is 0 Å². The third kappa shape index (κ3) is 8.16. The van der Waals surface area contributed by atoms with Gasteiger partial charge in [0.15, 0.2) is 0 Å². The Morgan fingerprint density at radius 3 is 2.00 bits per heavy atom. The van der Waals surface area contributed by atoms with Gasteiger partial charge in [-0.05, 0) is 42.9 Å². The smallest absolute Gasteiger partial charge is 0.122 e. The summed E-state index contributed by atoms with van der Waals surface area (Å²) >= 11 is 0. The first-order valence-corrected chi connectivity index (χ1v) is 7.06. The summed E-state index contributed by atoms with van der Waals surface area (Å²) in [7, 11) is 0. The van der Waals surface area contributed by atoms with Crippen molar-refractivity contribution in [2.75, 3.05) is 6.61 Å². The summed E-state index contributed by atoms with van der Waals surface area (Å²) < 4.78 is 5.68. The monoisotopic (exact) mass is 250 g/mol. The van der Waals surface area contributed by atoms with Crippen molar-refractivity contribution >= 4 is 0 Å². The van der Waals surface area contributed by atoms with E-state index in [1.54, 1.807) is 0 Å². The molecule has 1 nitrogen and oxygen atoms in total. The highest BCUT2D eigenvalue weighted by molar-refractivity contribution is 5.35. The molecular weight excluding hydrogens is 220 g/mol. The van der Waals surface area contributed by atoms with Crippen LogP contribution < -0.4 is 4.74 Å². The Labute approximate surface area is 114 Å². The first kappa shape index (κ1) is 17.0. The maximum Gasteiger partial charge on any atom is 0.122 e. The minimum absolute atomic E-state index is 0.583. The van der Waals surface area contributed by atoms with Crippen LogP contribution in [0.1, 0.15) is 52.2 Å². The number of ether oxygens (including phenoxy) is 1. The van der Waals surface area contributed by atoms with Crippen molar-refractivity contribution in [1.29, 1.82) is 0 Å². The minimum Gasteiger partial charge on any atom is -0.493 e. The van der Waals surface area contributed by atoms with Crippen LogP contribution >= 0.6 is 0 Å². The number of aryl methyl sites for hydroxylation is 2. The molecule has 0 saturated carbocycles. The van der Waals surface area contributed by atoms with Gasteiger partial charge >= 0.3 is 0 Å². The van der Waals surface area contributed by atoms with Gasteiger partial charge in [-0.25, -0.2) is 0 Å². The fraction of sp³-hybridized carbons (Fsp3) is 0.647. The number of benzene rings is 1. The quantitative estimate of drug-likeness (QED) is 0.696. The second-order valence-corrected chi connectivity index (χ2v) is 5.78. The van der Waals surface area contributed by atoms with Crippen LogP contribution in [0.2, 0.25) is 0 Å². The molecule has 18 heavy (non-hydrogen) atoms. The van der Waals surface area contributed by atoms with Crippen LogP contribution in [0.3, 0.4) is 0 Å². The molecule has 1 rings (SSSR count). The molecule has 0 bridgehead atoms. The van der Waals surface area contributed by atoms with E-state index >= 15 is 0 Å². The summed E-state index contributed by atoms with van der Waals surface area (Å²) in [6.07, 6.45) is 1.31. The zero-order chi connectivity index (χ0) is 14.1. The summed E-state index contributed by atoms with van der Waals surface area (Å²) in [4.78, 5) is 0. The SMILES string of the molecule is CCC(C)C.Cc1ccc(C)c(OCC(C)C)c1. The average molecular weight is 250 g/mol. The molecule has 0 saturated heterocycles. The third-order valence-corrected chi connectivity index (χ3v) is 2.73. The van der Waals surface area contributed by atoms with Crippen LogP contribution in [0.25, 0.3) is 0 Å². The lowest BCUT2D eigenvalue weighted by atomic mass is 10.1. The topological polar surface area (TPSA) is 9.23 Å². The summed E-state index contributed by atoms with van der Waals surface area (Å²) in [5.41, 5.74) is 2.47.